The van der Waals surface area contributed by atoms with Gasteiger partial charge in [-0.05, 0) is 12.0 Å². The predicted molar refractivity (Wildman–Crippen MR) is 87.9 cm³/mol. The Morgan fingerprint density at radius 3 is 2.54 bits per heavy atom. The monoisotopic (exact) mass is 333 g/mol. The smallest absolute Gasteiger partial charge is 0.246 e. The van der Waals surface area contributed by atoms with E-state index in [9.17, 15) is 19.5 Å². The molecular formula is C17H23N3O4. The molecule has 0 radical (unpaired) electrons. The molecule has 1 saturated heterocycles. The number of benzene rings is 1. The maximum atomic E-state index is 12.9. The minimum atomic E-state index is -0.922. The van der Waals surface area contributed by atoms with Crippen LogP contribution in [0.2, 0.25) is 0 Å². The molecule has 0 aliphatic carbocycles. The van der Waals surface area contributed by atoms with Crippen LogP contribution in [0.4, 0.5) is 0 Å². The van der Waals surface area contributed by atoms with Gasteiger partial charge in [-0.2, -0.15) is 0 Å². The summed E-state index contributed by atoms with van der Waals surface area (Å²) in [5.41, 5.74) is 0.904. The summed E-state index contributed by atoms with van der Waals surface area (Å²) in [5.74, 6) is -1.09. The molecule has 7 heteroatoms. The predicted octanol–water partition coefficient (Wildman–Crippen LogP) is -0.558. The zero-order valence-corrected chi connectivity index (χ0v) is 13.9. The van der Waals surface area contributed by atoms with Gasteiger partial charge in [-0.15, -0.1) is 0 Å². The molecule has 7 nitrogen and oxygen atoms in total. The van der Waals surface area contributed by atoms with Gasteiger partial charge in [-0.25, -0.2) is 0 Å². The molecule has 1 aliphatic heterocycles. The molecule has 0 unspecified atom stereocenters. The van der Waals surface area contributed by atoms with Gasteiger partial charge in [-0.3, -0.25) is 14.4 Å². The third-order valence-electron chi connectivity index (χ3n) is 4.12. The number of carbonyl (C=O) groups excluding carboxylic acids is 3. The van der Waals surface area contributed by atoms with Crippen LogP contribution in [0.5, 0.6) is 0 Å². The third kappa shape index (κ3) is 4.11. The molecule has 1 aliphatic rings. The first-order valence-corrected chi connectivity index (χ1v) is 7.95. The Kier molecular flexibility index (Phi) is 5.92. The number of aliphatic hydroxyl groups excluding tert-OH is 1. The van der Waals surface area contributed by atoms with E-state index in [0.29, 0.717) is 12.8 Å². The second-order valence-electron chi connectivity index (χ2n) is 5.89. The second-order valence-corrected chi connectivity index (χ2v) is 5.89. The van der Waals surface area contributed by atoms with Crippen LogP contribution in [-0.2, 0) is 20.8 Å². The Labute approximate surface area is 141 Å². The van der Waals surface area contributed by atoms with Gasteiger partial charge in [0.2, 0.25) is 17.7 Å². The van der Waals surface area contributed by atoms with Crippen LogP contribution in [0.25, 0.3) is 0 Å². The van der Waals surface area contributed by atoms with Crippen LogP contribution in [0, 0.1) is 0 Å². The number of aliphatic hydroxyl groups is 1. The van der Waals surface area contributed by atoms with E-state index in [1.807, 2.05) is 30.3 Å². The highest BCUT2D eigenvalue weighted by atomic mass is 16.3. The molecule has 3 N–H and O–H groups in total. The van der Waals surface area contributed by atoms with Crippen molar-refractivity contribution in [3.63, 3.8) is 0 Å². The van der Waals surface area contributed by atoms with E-state index in [-0.39, 0.29) is 18.4 Å². The summed E-state index contributed by atoms with van der Waals surface area (Å²) in [5, 5.41) is 15.1. The lowest BCUT2D eigenvalue weighted by atomic mass is 10.0. The summed E-state index contributed by atoms with van der Waals surface area (Å²) < 4.78 is 0. The Morgan fingerprint density at radius 2 is 1.96 bits per heavy atom. The summed E-state index contributed by atoms with van der Waals surface area (Å²) >= 11 is 0. The molecule has 130 valence electrons. The van der Waals surface area contributed by atoms with Gasteiger partial charge in [-0.1, -0.05) is 30.3 Å². The van der Waals surface area contributed by atoms with Crippen molar-refractivity contribution in [2.24, 2.45) is 0 Å². The topological polar surface area (TPSA) is 98.7 Å². The molecule has 1 heterocycles. The summed E-state index contributed by atoms with van der Waals surface area (Å²) in [6.45, 7) is 1.63. The number of likely N-dealkylation sites (tertiary alicyclic amines) is 1. The lowest BCUT2D eigenvalue weighted by Gasteiger charge is -2.29. The molecular weight excluding hydrogens is 310 g/mol. The average Bonchev–Trinajstić information content (AvgIpc) is 2.95. The minimum absolute atomic E-state index is 0.281. The van der Waals surface area contributed by atoms with Crippen LogP contribution >= 0.6 is 0 Å². The molecule has 0 saturated carbocycles. The van der Waals surface area contributed by atoms with Gasteiger partial charge in [0.1, 0.15) is 12.1 Å². The molecule has 2 rings (SSSR count). The van der Waals surface area contributed by atoms with E-state index in [1.165, 1.54) is 18.9 Å². The number of nitrogens with one attached hydrogen (secondary N) is 2. The Hall–Kier alpha value is -2.41. The fourth-order valence-corrected chi connectivity index (χ4v) is 2.98. The molecule has 1 fully saturated rings. The molecule has 24 heavy (non-hydrogen) atoms. The van der Waals surface area contributed by atoms with Crippen molar-refractivity contribution < 1.29 is 19.5 Å². The standard InChI is InChI=1S/C17H23N3O4/c1-11(21)19-13(10-12-6-4-3-5-7-12)17(24)20-9-8-14(22)15(20)16(23)18-2/h3-7,13-15,22H,8-10H2,1-2H3,(H,18,23)(H,19,21)/t13-,14+,15-/m0/s1. The minimum Gasteiger partial charge on any atom is -0.390 e. The maximum absolute atomic E-state index is 12.9. The third-order valence-corrected chi connectivity index (χ3v) is 4.12. The van der Waals surface area contributed by atoms with E-state index in [0.717, 1.165) is 5.56 Å². The number of nitrogens with zero attached hydrogens (tertiary/aromatic N) is 1. The molecule has 3 amide bonds. The van der Waals surface area contributed by atoms with Crippen LogP contribution in [0.3, 0.4) is 0 Å². The first kappa shape index (κ1) is 17.9. The number of hydrogen-bond acceptors (Lipinski definition) is 4. The fourth-order valence-electron chi connectivity index (χ4n) is 2.98. The Balaban J connectivity index is 2.20. The van der Waals surface area contributed by atoms with E-state index < -0.39 is 24.1 Å². The zero-order chi connectivity index (χ0) is 17.7. The molecule has 0 spiro atoms. The first-order chi connectivity index (χ1) is 11.4. The van der Waals surface area contributed by atoms with Crippen molar-refractivity contribution in [3.8, 4) is 0 Å². The normalized spacial score (nSPS) is 21.2. The van der Waals surface area contributed by atoms with Crippen LogP contribution < -0.4 is 10.6 Å². The van der Waals surface area contributed by atoms with Crippen LogP contribution in [-0.4, -0.2) is 59.5 Å². The fraction of sp³-hybridized carbons (Fsp3) is 0.471. The molecule has 1 aromatic rings. The summed E-state index contributed by atoms with van der Waals surface area (Å²) in [6, 6.07) is 7.64. The second kappa shape index (κ2) is 7.92. The SMILES string of the molecule is CNC(=O)[C@@H]1[C@H](O)CCN1C(=O)[C@H](Cc1ccccc1)NC(C)=O. The zero-order valence-electron chi connectivity index (χ0n) is 13.9. The average molecular weight is 333 g/mol. The summed E-state index contributed by atoms with van der Waals surface area (Å²) in [4.78, 5) is 37.7. The van der Waals surface area contributed by atoms with Crippen molar-refractivity contribution >= 4 is 17.7 Å². The van der Waals surface area contributed by atoms with Crippen molar-refractivity contribution in [2.45, 2.75) is 38.0 Å². The van der Waals surface area contributed by atoms with Crippen molar-refractivity contribution in [3.05, 3.63) is 35.9 Å². The Morgan fingerprint density at radius 1 is 1.29 bits per heavy atom. The van der Waals surface area contributed by atoms with Crippen molar-refractivity contribution in [1.82, 2.24) is 15.5 Å². The molecule has 1 aromatic carbocycles. The number of rotatable bonds is 5. The molecule has 0 bridgehead atoms. The largest absolute Gasteiger partial charge is 0.390 e. The number of hydrogen-bond donors (Lipinski definition) is 3. The van der Waals surface area contributed by atoms with Crippen molar-refractivity contribution in [1.29, 1.82) is 0 Å². The van der Waals surface area contributed by atoms with E-state index in [1.54, 1.807) is 0 Å². The van der Waals surface area contributed by atoms with Gasteiger partial charge in [0.15, 0.2) is 0 Å². The highest BCUT2D eigenvalue weighted by Gasteiger charge is 2.42. The quantitative estimate of drug-likeness (QED) is 0.673. The lowest BCUT2D eigenvalue weighted by molar-refractivity contribution is -0.142. The van der Waals surface area contributed by atoms with E-state index in [4.69, 9.17) is 0 Å². The number of likely N-dealkylation sites (N-methyl/N-ethyl adjacent to an activating group) is 1. The van der Waals surface area contributed by atoms with Gasteiger partial charge in [0, 0.05) is 26.9 Å². The van der Waals surface area contributed by atoms with E-state index >= 15 is 0 Å². The highest BCUT2D eigenvalue weighted by molar-refractivity contribution is 5.92. The highest BCUT2D eigenvalue weighted by Crippen LogP contribution is 2.20. The van der Waals surface area contributed by atoms with E-state index in [2.05, 4.69) is 10.6 Å². The van der Waals surface area contributed by atoms with Crippen LogP contribution in [0.15, 0.2) is 30.3 Å². The lowest BCUT2D eigenvalue weighted by Crippen LogP contribution is -2.55. The summed E-state index contributed by atoms with van der Waals surface area (Å²) in [7, 11) is 1.46. The molecule has 0 aromatic heterocycles. The van der Waals surface area contributed by atoms with Gasteiger partial charge >= 0.3 is 0 Å². The van der Waals surface area contributed by atoms with Gasteiger partial charge in [0.05, 0.1) is 6.10 Å². The summed E-state index contributed by atoms with van der Waals surface area (Å²) in [6.07, 6.45) is -0.238. The maximum Gasteiger partial charge on any atom is 0.246 e. The van der Waals surface area contributed by atoms with Crippen molar-refractivity contribution in [2.75, 3.05) is 13.6 Å². The Bertz CT molecular complexity index is 605. The number of amides is 3. The van der Waals surface area contributed by atoms with Gasteiger partial charge in [0.25, 0.3) is 0 Å². The first-order valence-electron chi connectivity index (χ1n) is 7.95. The van der Waals surface area contributed by atoms with Gasteiger partial charge < -0.3 is 20.6 Å². The number of carbonyl (C=O) groups is 3. The van der Waals surface area contributed by atoms with Crippen LogP contribution in [0.1, 0.15) is 18.9 Å². The molecule has 3 atom stereocenters.